The molecular formula is C24H21ClF2N2O2. The molecule has 4 nitrogen and oxygen atoms in total. The standard InChI is InChI=1S/C24H21ClF2N2O2/c25-19-8-5-16(6-9-19)15-31-24(17-7-10-20(26)21(27)13-17)23(18-3-1-11-28-14-18)29-12-2-4-22(29)30/h1,3,5-11,13-14,23-24H,2,4,12,15H2/t23-,24+/m1/s1. The zero-order chi connectivity index (χ0) is 21.8. The second-order valence-corrected chi connectivity index (χ2v) is 7.89. The number of amides is 1. The first-order valence-electron chi connectivity index (χ1n) is 10.0. The zero-order valence-electron chi connectivity index (χ0n) is 16.7. The molecule has 160 valence electrons. The molecule has 0 radical (unpaired) electrons. The summed E-state index contributed by atoms with van der Waals surface area (Å²) in [6, 6.07) is 14.0. The molecule has 0 unspecified atom stereocenters. The number of pyridine rings is 1. The highest BCUT2D eigenvalue weighted by atomic mass is 35.5. The summed E-state index contributed by atoms with van der Waals surface area (Å²) in [7, 11) is 0. The lowest BCUT2D eigenvalue weighted by Gasteiger charge is -2.35. The second kappa shape index (κ2) is 9.54. The van der Waals surface area contributed by atoms with Crippen LogP contribution in [0.4, 0.5) is 8.78 Å². The van der Waals surface area contributed by atoms with E-state index in [4.69, 9.17) is 16.3 Å². The zero-order valence-corrected chi connectivity index (χ0v) is 17.4. The fourth-order valence-electron chi connectivity index (χ4n) is 3.86. The average Bonchev–Trinajstić information content (AvgIpc) is 3.20. The summed E-state index contributed by atoms with van der Waals surface area (Å²) in [4.78, 5) is 18.6. The van der Waals surface area contributed by atoms with Crippen molar-refractivity contribution in [2.24, 2.45) is 0 Å². The van der Waals surface area contributed by atoms with Crippen molar-refractivity contribution in [3.05, 3.63) is 100 Å². The van der Waals surface area contributed by atoms with Crippen molar-refractivity contribution in [1.82, 2.24) is 9.88 Å². The molecule has 7 heteroatoms. The molecule has 1 saturated heterocycles. The minimum absolute atomic E-state index is 0.00321. The van der Waals surface area contributed by atoms with Crippen LogP contribution in [-0.2, 0) is 16.1 Å². The highest BCUT2D eigenvalue weighted by molar-refractivity contribution is 6.30. The van der Waals surface area contributed by atoms with Gasteiger partial charge < -0.3 is 9.64 Å². The Morgan fingerprint density at radius 1 is 1.06 bits per heavy atom. The smallest absolute Gasteiger partial charge is 0.223 e. The maximum absolute atomic E-state index is 14.1. The Morgan fingerprint density at radius 3 is 2.52 bits per heavy atom. The molecule has 1 aromatic heterocycles. The Morgan fingerprint density at radius 2 is 1.87 bits per heavy atom. The van der Waals surface area contributed by atoms with Crippen LogP contribution >= 0.6 is 11.6 Å². The number of nitrogens with zero attached hydrogens (tertiary/aromatic N) is 2. The lowest BCUT2D eigenvalue weighted by atomic mass is 9.95. The van der Waals surface area contributed by atoms with Gasteiger partial charge in [-0.2, -0.15) is 0 Å². The maximum Gasteiger partial charge on any atom is 0.223 e. The summed E-state index contributed by atoms with van der Waals surface area (Å²) in [6.07, 6.45) is 3.77. The van der Waals surface area contributed by atoms with E-state index >= 15 is 0 Å². The molecule has 0 saturated carbocycles. The summed E-state index contributed by atoms with van der Waals surface area (Å²) in [5.74, 6) is -1.90. The minimum Gasteiger partial charge on any atom is -0.366 e. The first kappa shape index (κ1) is 21.4. The lowest BCUT2D eigenvalue weighted by Crippen LogP contribution is -2.35. The molecule has 1 amide bonds. The molecule has 31 heavy (non-hydrogen) atoms. The van der Waals surface area contributed by atoms with E-state index in [1.165, 1.54) is 6.07 Å². The highest BCUT2D eigenvalue weighted by Gasteiger charge is 2.36. The van der Waals surface area contributed by atoms with Crippen LogP contribution in [0.3, 0.4) is 0 Å². The summed E-state index contributed by atoms with van der Waals surface area (Å²) < 4.78 is 34.0. The van der Waals surface area contributed by atoms with Crippen molar-refractivity contribution >= 4 is 17.5 Å². The molecule has 1 aliphatic heterocycles. The van der Waals surface area contributed by atoms with Crippen LogP contribution in [0.2, 0.25) is 5.02 Å². The number of rotatable bonds is 7. The monoisotopic (exact) mass is 442 g/mol. The molecule has 0 aliphatic carbocycles. The molecule has 0 N–H and O–H groups in total. The predicted molar refractivity (Wildman–Crippen MR) is 113 cm³/mol. The summed E-state index contributed by atoms with van der Waals surface area (Å²) in [5, 5.41) is 0.608. The Bertz CT molecular complexity index is 1050. The molecule has 2 heterocycles. The molecular weight excluding hydrogens is 422 g/mol. The number of aromatic nitrogens is 1. The minimum atomic E-state index is -0.963. The van der Waals surface area contributed by atoms with Crippen molar-refractivity contribution in [2.45, 2.75) is 31.6 Å². The van der Waals surface area contributed by atoms with E-state index in [1.807, 2.05) is 18.2 Å². The largest absolute Gasteiger partial charge is 0.366 e. The predicted octanol–water partition coefficient (Wildman–Crippen LogP) is 5.63. The van der Waals surface area contributed by atoms with Gasteiger partial charge >= 0.3 is 0 Å². The van der Waals surface area contributed by atoms with Gasteiger partial charge in [0.05, 0.1) is 12.6 Å². The number of benzene rings is 2. The molecule has 1 aliphatic rings. The molecule has 2 atom stereocenters. The quantitative estimate of drug-likeness (QED) is 0.476. The normalized spacial score (nSPS) is 15.8. The molecule has 3 aromatic rings. The van der Waals surface area contributed by atoms with E-state index in [-0.39, 0.29) is 12.5 Å². The van der Waals surface area contributed by atoms with Crippen molar-refractivity contribution in [3.8, 4) is 0 Å². The summed E-state index contributed by atoms with van der Waals surface area (Å²) in [6.45, 7) is 0.766. The Kier molecular flexibility index (Phi) is 6.59. The van der Waals surface area contributed by atoms with Crippen molar-refractivity contribution < 1.29 is 18.3 Å². The van der Waals surface area contributed by atoms with Gasteiger partial charge in [0.2, 0.25) is 5.91 Å². The second-order valence-electron chi connectivity index (χ2n) is 7.45. The Hall–Kier alpha value is -2.83. The van der Waals surface area contributed by atoms with E-state index in [0.29, 0.717) is 23.6 Å². The van der Waals surface area contributed by atoms with Crippen LogP contribution in [0.5, 0.6) is 0 Å². The number of hydrogen-bond donors (Lipinski definition) is 0. The van der Waals surface area contributed by atoms with Crippen molar-refractivity contribution in [2.75, 3.05) is 6.54 Å². The van der Waals surface area contributed by atoms with Gasteiger partial charge in [-0.3, -0.25) is 9.78 Å². The van der Waals surface area contributed by atoms with E-state index < -0.39 is 23.8 Å². The summed E-state index contributed by atoms with van der Waals surface area (Å²) in [5.41, 5.74) is 2.08. The van der Waals surface area contributed by atoms with Crippen LogP contribution in [-0.4, -0.2) is 22.3 Å². The molecule has 1 fully saturated rings. The number of hydrogen-bond acceptors (Lipinski definition) is 3. The number of carbonyl (C=O) groups excluding carboxylic acids is 1. The Labute approximate surface area is 184 Å². The molecule has 0 spiro atoms. The first-order valence-corrected chi connectivity index (χ1v) is 10.4. The third kappa shape index (κ3) is 4.92. The van der Waals surface area contributed by atoms with Gasteiger partial charge in [-0.05, 0) is 53.4 Å². The highest BCUT2D eigenvalue weighted by Crippen LogP contribution is 2.40. The average molecular weight is 443 g/mol. The number of ether oxygens (including phenoxy) is 1. The van der Waals surface area contributed by atoms with Gasteiger partial charge in [0.25, 0.3) is 0 Å². The van der Waals surface area contributed by atoms with E-state index in [9.17, 15) is 13.6 Å². The van der Waals surface area contributed by atoms with Crippen LogP contribution in [0, 0.1) is 11.6 Å². The lowest BCUT2D eigenvalue weighted by molar-refractivity contribution is -0.134. The molecule has 2 aromatic carbocycles. The van der Waals surface area contributed by atoms with E-state index in [2.05, 4.69) is 4.98 Å². The van der Waals surface area contributed by atoms with Crippen LogP contribution < -0.4 is 0 Å². The van der Waals surface area contributed by atoms with Gasteiger partial charge in [0.15, 0.2) is 11.6 Å². The topological polar surface area (TPSA) is 42.4 Å². The fourth-order valence-corrected chi connectivity index (χ4v) is 3.98. The van der Waals surface area contributed by atoms with Crippen molar-refractivity contribution in [3.63, 3.8) is 0 Å². The van der Waals surface area contributed by atoms with Crippen LogP contribution in [0.25, 0.3) is 0 Å². The fraction of sp³-hybridized carbons (Fsp3) is 0.250. The number of likely N-dealkylation sites (tertiary alicyclic amines) is 1. The SMILES string of the molecule is O=C1CCCN1[C@H](c1cccnc1)[C@@H](OCc1ccc(Cl)cc1)c1ccc(F)c(F)c1. The maximum atomic E-state index is 14.1. The van der Waals surface area contributed by atoms with Gasteiger partial charge in [-0.15, -0.1) is 0 Å². The molecule has 4 rings (SSSR count). The van der Waals surface area contributed by atoms with Crippen LogP contribution in [0.1, 0.15) is 41.7 Å². The first-order chi connectivity index (χ1) is 15.0. The Balaban J connectivity index is 1.74. The summed E-state index contributed by atoms with van der Waals surface area (Å²) >= 11 is 5.97. The van der Waals surface area contributed by atoms with Gasteiger partial charge in [-0.25, -0.2) is 8.78 Å². The van der Waals surface area contributed by atoms with Gasteiger partial charge in [0, 0.05) is 30.4 Å². The van der Waals surface area contributed by atoms with Crippen LogP contribution in [0.15, 0.2) is 67.0 Å². The van der Waals surface area contributed by atoms with E-state index in [0.717, 1.165) is 29.7 Å². The third-order valence-electron chi connectivity index (χ3n) is 5.37. The van der Waals surface area contributed by atoms with Gasteiger partial charge in [0.1, 0.15) is 6.10 Å². The van der Waals surface area contributed by atoms with E-state index in [1.54, 1.807) is 35.5 Å². The number of carbonyl (C=O) groups is 1. The van der Waals surface area contributed by atoms with Gasteiger partial charge in [-0.1, -0.05) is 35.9 Å². The third-order valence-corrected chi connectivity index (χ3v) is 5.63. The van der Waals surface area contributed by atoms with Crippen molar-refractivity contribution in [1.29, 1.82) is 0 Å². The number of halogens is 3. The molecule has 0 bridgehead atoms.